The van der Waals surface area contributed by atoms with E-state index in [0.717, 1.165) is 15.6 Å². The van der Waals surface area contributed by atoms with Crippen LogP contribution in [0, 0.1) is 11.3 Å². The van der Waals surface area contributed by atoms with Crippen molar-refractivity contribution in [3.8, 4) is 6.07 Å². The van der Waals surface area contributed by atoms with E-state index in [1.807, 2.05) is 84.9 Å². The van der Waals surface area contributed by atoms with E-state index < -0.39 is 5.92 Å². The molecule has 0 saturated heterocycles. The average Bonchev–Trinajstić information content (AvgIpc) is 2.70. The van der Waals surface area contributed by atoms with E-state index in [9.17, 15) is 10.1 Å². The summed E-state index contributed by atoms with van der Waals surface area (Å²) in [5.41, 5.74) is 2.61. The van der Waals surface area contributed by atoms with Crippen LogP contribution in [0.2, 0.25) is 0 Å². The van der Waals surface area contributed by atoms with Crippen molar-refractivity contribution in [2.75, 3.05) is 0 Å². The first-order chi connectivity index (χ1) is 12.7. The van der Waals surface area contributed by atoms with Crippen molar-refractivity contribution in [3.63, 3.8) is 0 Å². The Hall–Kier alpha value is -2.70. The number of carbonyl (C=O) groups is 1. The molecule has 0 aliphatic rings. The summed E-state index contributed by atoms with van der Waals surface area (Å²) in [5, 5.41) is 9.89. The van der Waals surface area contributed by atoms with Crippen LogP contribution in [0.3, 0.4) is 0 Å². The van der Waals surface area contributed by atoms with E-state index in [0.29, 0.717) is 12.0 Å². The zero-order valence-corrected chi connectivity index (χ0v) is 15.8. The lowest BCUT2D eigenvalue weighted by molar-refractivity contribution is 0.0972. The number of benzene rings is 3. The number of nitrogens with zero attached hydrogens (tertiary/aromatic N) is 1. The quantitative estimate of drug-likeness (QED) is 0.465. The first-order valence-electron chi connectivity index (χ1n) is 8.47. The third-order valence-corrected chi connectivity index (χ3v) is 5.03. The van der Waals surface area contributed by atoms with Gasteiger partial charge in [0, 0.05) is 22.4 Å². The Morgan fingerprint density at radius 1 is 0.846 bits per heavy atom. The van der Waals surface area contributed by atoms with Gasteiger partial charge in [-0.1, -0.05) is 88.7 Å². The Kier molecular flexibility index (Phi) is 5.99. The highest BCUT2D eigenvalue weighted by molar-refractivity contribution is 9.10. The minimum atomic E-state index is -0.391. The maximum absolute atomic E-state index is 12.8. The fourth-order valence-electron chi connectivity index (χ4n) is 3.14. The zero-order valence-electron chi connectivity index (χ0n) is 14.2. The van der Waals surface area contributed by atoms with E-state index in [4.69, 9.17) is 0 Å². The minimum Gasteiger partial charge on any atom is -0.294 e. The molecule has 2 atom stereocenters. The third kappa shape index (κ3) is 4.28. The fraction of sp³-hybridized carbons (Fsp3) is 0.130. The topological polar surface area (TPSA) is 40.9 Å². The summed E-state index contributed by atoms with van der Waals surface area (Å²) in [6.07, 6.45) is 0.294. The standard InChI is InChI=1S/C23H18BrNO/c24-20-13-11-18(12-14-20)22(16-25)21(17-7-3-1-4-8-17)15-23(26)19-9-5-2-6-10-19/h1-14,21-22H,15H2/t21-,22+/m1/s1. The number of ketones is 1. The van der Waals surface area contributed by atoms with Gasteiger partial charge in [0.05, 0.1) is 12.0 Å². The molecule has 3 heteroatoms. The average molecular weight is 404 g/mol. The van der Waals surface area contributed by atoms with Crippen LogP contribution in [0.5, 0.6) is 0 Å². The van der Waals surface area contributed by atoms with Crippen LogP contribution in [-0.4, -0.2) is 5.78 Å². The van der Waals surface area contributed by atoms with Gasteiger partial charge in [-0.05, 0) is 23.3 Å². The number of carbonyl (C=O) groups excluding carboxylic acids is 1. The van der Waals surface area contributed by atoms with Gasteiger partial charge in [0.2, 0.25) is 0 Å². The molecule has 0 bridgehead atoms. The van der Waals surface area contributed by atoms with Crippen LogP contribution in [0.15, 0.2) is 89.4 Å². The summed E-state index contributed by atoms with van der Waals surface area (Å²) in [4.78, 5) is 12.8. The van der Waals surface area contributed by atoms with Crippen molar-refractivity contribution in [2.24, 2.45) is 0 Å². The highest BCUT2D eigenvalue weighted by Crippen LogP contribution is 2.36. The second-order valence-electron chi connectivity index (χ2n) is 6.17. The van der Waals surface area contributed by atoms with Crippen LogP contribution in [0.25, 0.3) is 0 Å². The smallest absolute Gasteiger partial charge is 0.163 e. The summed E-state index contributed by atoms with van der Waals surface area (Å²) in [7, 11) is 0. The molecule has 128 valence electrons. The molecule has 0 saturated carbocycles. The molecule has 3 aromatic carbocycles. The number of hydrogen-bond acceptors (Lipinski definition) is 2. The lowest BCUT2D eigenvalue weighted by atomic mass is 9.78. The van der Waals surface area contributed by atoms with Crippen LogP contribution in [0.4, 0.5) is 0 Å². The monoisotopic (exact) mass is 403 g/mol. The normalized spacial score (nSPS) is 12.8. The third-order valence-electron chi connectivity index (χ3n) is 4.50. The van der Waals surface area contributed by atoms with Crippen LogP contribution < -0.4 is 0 Å². The van der Waals surface area contributed by atoms with Gasteiger partial charge in [0.1, 0.15) is 0 Å². The van der Waals surface area contributed by atoms with Gasteiger partial charge in [-0.3, -0.25) is 4.79 Å². The molecular weight excluding hydrogens is 386 g/mol. The van der Waals surface area contributed by atoms with Crippen molar-refractivity contribution >= 4 is 21.7 Å². The lowest BCUT2D eigenvalue weighted by Crippen LogP contribution is -2.15. The Bertz CT molecular complexity index is 898. The van der Waals surface area contributed by atoms with E-state index in [-0.39, 0.29) is 11.7 Å². The SMILES string of the molecule is N#C[C@@H](c1ccc(Br)cc1)[C@H](CC(=O)c1ccccc1)c1ccccc1. The van der Waals surface area contributed by atoms with Gasteiger partial charge < -0.3 is 0 Å². The number of halogens is 1. The maximum atomic E-state index is 12.8. The van der Waals surface area contributed by atoms with Gasteiger partial charge in [0.25, 0.3) is 0 Å². The Labute approximate surface area is 162 Å². The molecule has 0 aliphatic heterocycles. The van der Waals surface area contributed by atoms with Gasteiger partial charge in [-0.25, -0.2) is 0 Å². The molecule has 0 N–H and O–H groups in total. The maximum Gasteiger partial charge on any atom is 0.163 e. The summed E-state index contributed by atoms with van der Waals surface area (Å²) in [6.45, 7) is 0. The molecule has 0 aromatic heterocycles. The van der Waals surface area contributed by atoms with E-state index in [1.165, 1.54) is 0 Å². The Balaban J connectivity index is 1.96. The van der Waals surface area contributed by atoms with Gasteiger partial charge in [-0.15, -0.1) is 0 Å². The van der Waals surface area contributed by atoms with E-state index >= 15 is 0 Å². The predicted octanol–water partition coefficient (Wildman–Crippen LogP) is 6.11. The molecule has 0 spiro atoms. The number of hydrogen-bond donors (Lipinski definition) is 0. The highest BCUT2D eigenvalue weighted by atomic mass is 79.9. The molecule has 26 heavy (non-hydrogen) atoms. The molecular formula is C23H18BrNO. The molecule has 0 amide bonds. The predicted molar refractivity (Wildman–Crippen MR) is 107 cm³/mol. The second-order valence-corrected chi connectivity index (χ2v) is 7.08. The van der Waals surface area contributed by atoms with Crippen molar-refractivity contribution in [1.82, 2.24) is 0 Å². The Morgan fingerprint density at radius 3 is 2.00 bits per heavy atom. The lowest BCUT2D eigenvalue weighted by Gasteiger charge is -2.22. The molecule has 0 heterocycles. The van der Waals surface area contributed by atoms with Crippen molar-refractivity contribution in [2.45, 2.75) is 18.3 Å². The second kappa shape index (κ2) is 8.60. The fourth-order valence-corrected chi connectivity index (χ4v) is 3.40. The zero-order chi connectivity index (χ0) is 18.4. The van der Waals surface area contributed by atoms with E-state index in [2.05, 4.69) is 22.0 Å². The van der Waals surface area contributed by atoms with Crippen molar-refractivity contribution in [3.05, 3.63) is 106 Å². The summed E-state index contributed by atoms with van der Waals surface area (Å²) >= 11 is 3.43. The largest absolute Gasteiger partial charge is 0.294 e. The van der Waals surface area contributed by atoms with Gasteiger partial charge in [-0.2, -0.15) is 5.26 Å². The minimum absolute atomic E-state index is 0.0526. The molecule has 0 unspecified atom stereocenters. The molecule has 0 aliphatic carbocycles. The summed E-state index contributed by atoms with van der Waals surface area (Å²) in [5.74, 6) is -0.537. The molecule has 3 aromatic rings. The van der Waals surface area contributed by atoms with Crippen LogP contribution in [-0.2, 0) is 0 Å². The first-order valence-corrected chi connectivity index (χ1v) is 9.26. The van der Waals surface area contributed by atoms with E-state index in [1.54, 1.807) is 0 Å². The van der Waals surface area contributed by atoms with Crippen LogP contribution in [0.1, 0.15) is 39.7 Å². The van der Waals surface area contributed by atoms with Gasteiger partial charge in [0.15, 0.2) is 5.78 Å². The molecule has 0 fully saturated rings. The number of Topliss-reactive ketones (excluding diaryl/α,β-unsaturated/α-hetero) is 1. The van der Waals surface area contributed by atoms with Gasteiger partial charge >= 0.3 is 0 Å². The highest BCUT2D eigenvalue weighted by Gasteiger charge is 2.27. The molecule has 2 nitrogen and oxygen atoms in total. The van der Waals surface area contributed by atoms with Crippen LogP contribution >= 0.6 is 15.9 Å². The number of rotatable bonds is 6. The van der Waals surface area contributed by atoms with Crippen molar-refractivity contribution in [1.29, 1.82) is 5.26 Å². The first kappa shape index (κ1) is 18.1. The molecule has 0 radical (unpaired) electrons. The summed E-state index contributed by atoms with van der Waals surface area (Å²) < 4.78 is 0.967. The van der Waals surface area contributed by atoms with Crippen molar-refractivity contribution < 1.29 is 4.79 Å². The molecule has 3 rings (SSSR count). The summed E-state index contributed by atoms with van der Waals surface area (Å²) in [6, 6.07) is 29.3. The Morgan fingerprint density at radius 2 is 1.42 bits per heavy atom. The number of nitriles is 1.